The maximum Gasteiger partial charge on any atom is 0.278 e. The molecule has 1 fully saturated rings. The maximum atomic E-state index is 13.3. The smallest absolute Gasteiger partial charge is 0.278 e. The van der Waals surface area contributed by atoms with E-state index < -0.39 is 0 Å². The minimum atomic E-state index is -0.251. The normalized spacial score (nSPS) is 17.9. The molecule has 6 heteroatoms. The van der Waals surface area contributed by atoms with E-state index in [2.05, 4.69) is 19.9 Å². The molecule has 2 aromatic rings. The van der Waals surface area contributed by atoms with Gasteiger partial charge in [0.1, 0.15) is 17.7 Å². The number of nitrogens with one attached hydrogen (secondary N) is 1. The number of halogens is 2. The Morgan fingerprint density at radius 3 is 2.71 bits per heavy atom. The standard InChI is InChI=1S/C22H26ClFN2OS/c1-16(2)13-25(14-17-4-3-5-19(23)12-17)15-21(27)26-10-11-28-22(26)18-6-8-20(24)9-7-18/h3-9,12,16,22H,10-11,13-15H2,1-2H3/p+1/t22-/m1/s1. The van der Waals surface area contributed by atoms with Crippen LogP contribution in [0.4, 0.5) is 4.39 Å². The Bertz CT molecular complexity index is 799. The minimum Gasteiger partial charge on any atom is -0.323 e. The summed E-state index contributed by atoms with van der Waals surface area (Å²) in [6.07, 6.45) is 0. The van der Waals surface area contributed by atoms with Crippen molar-refractivity contribution in [3.8, 4) is 0 Å². The number of quaternary nitrogens is 1. The number of carbonyl (C=O) groups is 1. The lowest BCUT2D eigenvalue weighted by Gasteiger charge is -2.27. The van der Waals surface area contributed by atoms with E-state index in [0.717, 1.165) is 41.5 Å². The summed E-state index contributed by atoms with van der Waals surface area (Å²) in [7, 11) is 0. The van der Waals surface area contributed by atoms with E-state index in [0.29, 0.717) is 12.5 Å². The average Bonchev–Trinajstić information content (AvgIpc) is 3.11. The van der Waals surface area contributed by atoms with Crippen LogP contribution in [0.5, 0.6) is 0 Å². The second-order valence-electron chi connectivity index (χ2n) is 7.69. The van der Waals surface area contributed by atoms with Gasteiger partial charge in [-0.15, -0.1) is 11.8 Å². The molecule has 1 saturated heterocycles. The van der Waals surface area contributed by atoms with Crippen molar-refractivity contribution in [2.45, 2.75) is 25.8 Å². The van der Waals surface area contributed by atoms with Crippen molar-refractivity contribution in [1.82, 2.24) is 4.90 Å². The first kappa shape index (κ1) is 21.2. The molecule has 1 N–H and O–H groups in total. The molecule has 0 saturated carbocycles. The summed E-state index contributed by atoms with van der Waals surface area (Å²) < 4.78 is 13.3. The Hall–Kier alpha value is -1.56. The van der Waals surface area contributed by atoms with Gasteiger partial charge < -0.3 is 9.80 Å². The molecule has 1 aliphatic heterocycles. The van der Waals surface area contributed by atoms with Crippen LogP contribution in [0.15, 0.2) is 48.5 Å². The highest BCUT2D eigenvalue weighted by molar-refractivity contribution is 7.99. The van der Waals surface area contributed by atoms with Crippen LogP contribution in [-0.2, 0) is 11.3 Å². The van der Waals surface area contributed by atoms with Gasteiger partial charge in [0.25, 0.3) is 5.91 Å². The highest BCUT2D eigenvalue weighted by Crippen LogP contribution is 2.37. The number of hydrogen-bond acceptors (Lipinski definition) is 2. The third-order valence-corrected chi connectivity index (χ3v) is 6.30. The van der Waals surface area contributed by atoms with Crippen molar-refractivity contribution in [3.05, 3.63) is 70.5 Å². The quantitative estimate of drug-likeness (QED) is 0.735. The highest BCUT2D eigenvalue weighted by atomic mass is 35.5. The number of rotatable bonds is 7. The Morgan fingerprint density at radius 2 is 2.04 bits per heavy atom. The number of carbonyl (C=O) groups excluding carboxylic acids is 1. The molecule has 1 amide bonds. The monoisotopic (exact) mass is 421 g/mol. The van der Waals surface area contributed by atoms with E-state index in [4.69, 9.17) is 11.6 Å². The largest absolute Gasteiger partial charge is 0.323 e. The van der Waals surface area contributed by atoms with Gasteiger partial charge in [0.2, 0.25) is 0 Å². The molecule has 1 unspecified atom stereocenters. The fraction of sp³-hybridized carbons (Fsp3) is 0.409. The van der Waals surface area contributed by atoms with E-state index in [9.17, 15) is 9.18 Å². The van der Waals surface area contributed by atoms with Crippen LogP contribution in [0.3, 0.4) is 0 Å². The van der Waals surface area contributed by atoms with Crippen LogP contribution in [0, 0.1) is 11.7 Å². The van der Waals surface area contributed by atoms with E-state index >= 15 is 0 Å². The maximum absolute atomic E-state index is 13.3. The molecule has 0 radical (unpaired) electrons. The van der Waals surface area contributed by atoms with Crippen LogP contribution >= 0.6 is 23.4 Å². The zero-order valence-corrected chi connectivity index (χ0v) is 17.9. The van der Waals surface area contributed by atoms with E-state index in [1.165, 1.54) is 17.0 Å². The van der Waals surface area contributed by atoms with E-state index in [-0.39, 0.29) is 17.1 Å². The molecule has 0 aliphatic carbocycles. The van der Waals surface area contributed by atoms with Crippen LogP contribution < -0.4 is 4.90 Å². The van der Waals surface area contributed by atoms with E-state index in [1.54, 1.807) is 23.9 Å². The number of amides is 1. The zero-order chi connectivity index (χ0) is 20.1. The number of nitrogens with zero attached hydrogens (tertiary/aromatic N) is 1. The molecule has 1 aliphatic rings. The minimum absolute atomic E-state index is 0.0282. The first-order chi connectivity index (χ1) is 13.4. The van der Waals surface area contributed by atoms with Crippen molar-refractivity contribution in [2.24, 2.45) is 5.92 Å². The van der Waals surface area contributed by atoms with Gasteiger partial charge in [0, 0.05) is 28.8 Å². The van der Waals surface area contributed by atoms with Crippen molar-refractivity contribution >= 4 is 29.3 Å². The van der Waals surface area contributed by atoms with Crippen molar-refractivity contribution in [2.75, 3.05) is 25.4 Å². The topological polar surface area (TPSA) is 24.8 Å². The van der Waals surface area contributed by atoms with Gasteiger partial charge in [-0.25, -0.2) is 4.39 Å². The molecule has 0 spiro atoms. The van der Waals surface area contributed by atoms with Gasteiger partial charge in [0.15, 0.2) is 6.54 Å². The van der Waals surface area contributed by atoms with Gasteiger partial charge in [-0.2, -0.15) is 0 Å². The lowest BCUT2D eigenvalue weighted by Crippen LogP contribution is -3.12. The summed E-state index contributed by atoms with van der Waals surface area (Å²) in [5, 5.41) is 0.694. The fourth-order valence-corrected chi connectivity index (χ4v) is 5.15. The summed E-state index contributed by atoms with van der Waals surface area (Å²) in [6, 6.07) is 14.3. The average molecular weight is 422 g/mol. The first-order valence-electron chi connectivity index (χ1n) is 9.67. The van der Waals surface area contributed by atoms with Crippen LogP contribution in [0.2, 0.25) is 5.02 Å². The molecule has 0 aromatic heterocycles. The lowest BCUT2D eigenvalue weighted by molar-refractivity contribution is -0.909. The number of thioether (sulfide) groups is 1. The summed E-state index contributed by atoms with van der Waals surface area (Å²) in [4.78, 5) is 16.3. The van der Waals surface area contributed by atoms with Crippen molar-refractivity contribution < 1.29 is 14.1 Å². The molecule has 1 heterocycles. The fourth-order valence-electron chi connectivity index (χ4n) is 3.66. The lowest BCUT2D eigenvalue weighted by atomic mass is 10.1. The Morgan fingerprint density at radius 1 is 1.29 bits per heavy atom. The van der Waals surface area contributed by atoms with Gasteiger partial charge in [0.05, 0.1) is 6.54 Å². The van der Waals surface area contributed by atoms with Crippen LogP contribution in [0.25, 0.3) is 0 Å². The molecule has 2 aromatic carbocycles. The molecular weight excluding hydrogens is 395 g/mol. The molecular formula is C22H27ClFN2OS+. The summed E-state index contributed by atoms with van der Waals surface area (Å²) in [5.41, 5.74) is 2.12. The van der Waals surface area contributed by atoms with Crippen molar-refractivity contribution in [1.29, 1.82) is 0 Å². The number of hydrogen-bond donors (Lipinski definition) is 1. The Balaban J connectivity index is 1.70. The van der Waals surface area contributed by atoms with Gasteiger partial charge in [-0.1, -0.05) is 49.7 Å². The first-order valence-corrected chi connectivity index (χ1v) is 11.1. The predicted octanol–water partition coefficient (Wildman–Crippen LogP) is 3.79. The molecule has 0 bridgehead atoms. The highest BCUT2D eigenvalue weighted by Gasteiger charge is 2.32. The summed E-state index contributed by atoms with van der Waals surface area (Å²) in [6.45, 7) is 7.22. The molecule has 28 heavy (non-hydrogen) atoms. The van der Waals surface area contributed by atoms with E-state index in [1.807, 2.05) is 23.1 Å². The second kappa shape index (κ2) is 9.77. The predicted molar refractivity (Wildman–Crippen MR) is 114 cm³/mol. The molecule has 150 valence electrons. The molecule has 3 rings (SSSR count). The number of benzene rings is 2. The van der Waals surface area contributed by atoms with Crippen molar-refractivity contribution in [3.63, 3.8) is 0 Å². The third-order valence-electron chi connectivity index (χ3n) is 4.81. The third kappa shape index (κ3) is 5.72. The molecule has 3 nitrogen and oxygen atoms in total. The Labute approximate surface area is 175 Å². The van der Waals surface area contributed by atoms with Crippen LogP contribution in [-0.4, -0.2) is 36.2 Å². The summed E-state index contributed by atoms with van der Waals surface area (Å²) in [5.74, 6) is 1.29. The SMILES string of the molecule is CC(C)C[NH+](CC(=O)N1CCS[C@@H]1c1ccc(F)cc1)Cc1cccc(Cl)c1. The molecule has 2 atom stereocenters. The Kier molecular flexibility index (Phi) is 7.38. The van der Waals surface area contributed by atoms with Gasteiger partial charge >= 0.3 is 0 Å². The van der Waals surface area contributed by atoms with Gasteiger partial charge in [-0.05, 0) is 29.8 Å². The van der Waals surface area contributed by atoms with Crippen LogP contribution in [0.1, 0.15) is 30.3 Å². The zero-order valence-electron chi connectivity index (χ0n) is 16.3. The summed E-state index contributed by atoms with van der Waals surface area (Å²) >= 11 is 7.87. The second-order valence-corrected chi connectivity index (χ2v) is 9.32. The van der Waals surface area contributed by atoms with Gasteiger partial charge in [-0.3, -0.25) is 4.79 Å².